The number of benzene rings is 1. The molecular formula is C15H20N2OS. The molecule has 0 amide bonds. The highest BCUT2D eigenvalue weighted by Crippen LogP contribution is 2.27. The van der Waals surface area contributed by atoms with Crippen LogP contribution in [0.5, 0.6) is 5.75 Å². The Kier molecular flexibility index (Phi) is 4.56. The summed E-state index contributed by atoms with van der Waals surface area (Å²) in [5, 5.41) is 0.961. The first-order chi connectivity index (χ1) is 9.11. The normalized spacial score (nSPS) is 12.4. The number of rotatable bonds is 5. The SMILES string of the molecule is CCCOc1cccc(C(N)c2nc(C)c(C)s2)c1. The van der Waals surface area contributed by atoms with E-state index >= 15 is 0 Å². The van der Waals surface area contributed by atoms with Crippen LogP contribution >= 0.6 is 11.3 Å². The van der Waals surface area contributed by atoms with E-state index in [4.69, 9.17) is 10.5 Å². The van der Waals surface area contributed by atoms with Gasteiger partial charge in [0.15, 0.2) is 0 Å². The van der Waals surface area contributed by atoms with E-state index in [0.29, 0.717) is 0 Å². The zero-order valence-corrected chi connectivity index (χ0v) is 12.5. The maximum atomic E-state index is 6.29. The Morgan fingerprint density at radius 2 is 2.16 bits per heavy atom. The van der Waals surface area contributed by atoms with Gasteiger partial charge in [-0.1, -0.05) is 19.1 Å². The zero-order chi connectivity index (χ0) is 13.8. The van der Waals surface area contributed by atoms with Crippen LogP contribution in [0.1, 0.15) is 40.5 Å². The largest absolute Gasteiger partial charge is 0.494 e. The van der Waals surface area contributed by atoms with Gasteiger partial charge in [-0.25, -0.2) is 4.98 Å². The second-order valence-corrected chi connectivity index (χ2v) is 5.83. The topological polar surface area (TPSA) is 48.1 Å². The van der Waals surface area contributed by atoms with Crippen LogP contribution in [0.25, 0.3) is 0 Å². The van der Waals surface area contributed by atoms with Crippen molar-refractivity contribution < 1.29 is 4.74 Å². The van der Waals surface area contributed by atoms with Crippen LogP contribution in [0.15, 0.2) is 24.3 Å². The van der Waals surface area contributed by atoms with Crippen molar-refractivity contribution in [3.8, 4) is 5.75 Å². The molecule has 0 saturated carbocycles. The second kappa shape index (κ2) is 6.17. The van der Waals surface area contributed by atoms with Crippen molar-refractivity contribution in [2.45, 2.75) is 33.2 Å². The molecule has 0 aliphatic rings. The number of aryl methyl sites for hydroxylation is 2. The molecule has 1 unspecified atom stereocenters. The van der Waals surface area contributed by atoms with Gasteiger partial charge in [-0.15, -0.1) is 11.3 Å². The van der Waals surface area contributed by atoms with Crippen LogP contribution < -0.4 is 10.5 Å². The van der Waals surface area contributed by atoms with Crippen LogP contribution in [0.2, 0.25) is 0 Å². The molecule has 0 fully saturated rings. The van der Waals surface area contributed by atoms with Crippen molar-refractivity contribution >= 4 is 11.3 Å². The van der Waals surface area contributed by atoms with E-state index in [-0.39, 0.29) is 6.04 Å². The van der Waals surface area contributed by atoms with E-state index in [0.717, 1.165) is 35.0 Å². The average Bonchev–Trinajstić information content (AvgIpc) is 2.76. The molecule has 2 aromatic rings. The molecule has 2 N–H and O–H groups in total. The Morgan fingerprint density at radius 3 is 2.79 bits per heavy atom. The van der Waals surface area contributed by atoms with Crippen LogP contribution in [-0.2, 0) is 0 Å². The number of nitrogens with zero attached hydrogens (tertiary/aromatic N) is 1. The zero-order valence-electron chi connectivity index (χ0n) is 11.6. The highest BCUT2D eigenvalue weighted by molar-refractivity contribution is 7.11. The fraction of sp³-hybridized carbons (Fsp3) is 0.400. The number of nitrogens with two attached hydrogens (primary N) is 1. The highest BCUT2D eigenvalue weighted by Gasteiger charge is 2.14. The summed E-state index contributed by atoms with van der Waals surface area (Å²) in [6.07, 6.45) is 1.00. The average molecular weight is 276 g/mol. The molecule has 0 radical (unpaired) electrons. The van der Waals surface area contributed by atoms with Crippen molar-refractivity contribution in [1.29, 1.82) is 0 Å². The van der Waals surface area contributed by atoms with Gasteiger partial charge in [0.05, 0.1) is 18.3 Å². The molecule has 102 valence electrons. The first-order valence-corrected chi connectivity index (χ1v) is 7.35. The summed E-state index contributed by atoms with van der Waals surface area (Å²) in [7, 11) is 0. The van der Waals surface area contributed by atoms with Gasteiger partial charge in [0.2, 0.25) is 0 Å². The predicted octanol–water partition coefficient (Wildman–Crippen LogP) is 3.60. The van der Waals surface area contributed by atoms with E-state index in [2.05, 4.69) is 18.8 Å². The molecule has 1 aromatic carbocycles. The van der Waals surface area contributed by atoms with Crippen LogP contribution in [0.3, 0.4) is 0 Å². The lowest BCUT2D eigenvalue weighted by atomic mass is 10.1. The Morgan fingerprint density at radius 1 is 1.37 bits per heavy atom. The third-order valence-corrected chi connectivity index (χ3v) is 4.16. The summed E-state index contributed by atoms with van der Waals surface area (Å²) < 4.78 is 5.64. The van der Waals surface area contributed by atoms with Gasteiger partial charge in [0, 0.05) is 4.88 Å². The lowest BCUT2D eigenvalue weighted by molar-refractivity contribution is 0.317. The van der Waals surface area contributed by atoms with E-state index in [1.54, 1.807) is 11.3 Å². The number of ether oxygens (including phenoxy) is 1. The maximum Gasteiger partial charge on any atom is 0.119 e. The lowest BCUT2D eigenvalue weighted by Crippen LogP contribution is -2.11. The lowest BCUT2D eigenvalue weighted by Gasteiger charge is -2.11. The minimum atomic E-state index is -0.178. The number of hydrogen-bond acceptors (Lipinski definition) is 4. The fourth-order valence-electron chi connectivity index (χ4n) is 1.79. The van der Waals surface area contributed by atoms with E-state index in [1.165, 1.54) is 4.88 Å². The van der Waals surface area contributed by atoms with E-state index in [9.17, 15) is 0 Å². The summed E-state index contributed by atoms with van der Waals surface area (Å²) in [5.74, 6) is 0.875. The third kappa shape index (κ3) is 3.33. The Hall–Kier alpha value is -1.39. The summed E-state index contributed by atoms with van der Waals surface area (Å²) in [5.41, 5.74) is 8.40. The first kappa shape index (κ1) is 14.0. The Labute approximate surface area is 118 Å². The predicted molar refractivity (Wildman–Crippen MR) is 79.8 cm³/mol. The smallest absolute Gasteiger partial charge is 0.119 e. The monoisotopic (exact) mass is 276 g/mol. The van der Waals surface area contributed by atoms with Crippen LogP contribution in [0, 0.1) is 13.8 Å². The molecule has 3 nitrogen and oxygen atoms in total. The van der Waals surface area contributed by atoms with Gasteiger partial charge in [0.1, 0.15) is 10.8 Å². The minimum Gasteiger partial charge on any atom is -0.494 e. The molecule has 0 bridgehead atoms. The molecule has 19 heavy (non-hydrogen) atoms. The Bertz CT molecular complexity index is 531. The van der Waals surface area contributed by atoms with Crippen molar-refractivity contribution in [3.63, 3.8) is 0 Å². The summed E-state index contributed by atoms with van der Waals surface area (Å²) in [6, 6.07) is 7.79. The van der Waals surface area contributed by atoms with Gasteiger partial charge < -0.3 is 10.5 Å². The molecule has 1 heterocycles. The van der Waals surface area contributed by atoms with Gasteiger partial charge in [-0.2, -0.15) is 0 Å². The molecule has 1 aromatic heterocycles. The van der Waals surface area contributed by atoms with Gasteiger partial charge in [-0.05, 0) is 38.0 Å². The first-order valence-electron chi connectivity index (χ1n) is 6.54. The summed E-state index contributed by atoms with van der Waals surface area (Å²) in [6.45, 7) is 6.91. The van der Waals surface area contributed by atoms with Crippen molar-refractivity contribution in [2.24, 2.45) is 5.73 Å². The molecule has 2 rings (SSSR count). The number of thiazole rings is 1. The Balaban J connectivity index is 2.20. The molecule has 0 saturated heterocycles. The molecule has 0 aliphatic carbocycles. The molecule has 1 atom stereocenters. The number of hydrogen-bond donors (Lipinski definition) is 1. The van der Waals surface area contributed by atoms with Crippen molar-refractivity contribution in [1.82, 2.24) is 4.98 Å². The fourth-order valence-corrected chi connectivity index (χ4v) is 2.74. The third-order valence-electron chi connectivity index (χ3n) is 3.00. The minimum absolute atomic E-state index is 0.178. The van der Waals surface area contributed by atoms with Gasteiger partial charge in [0.25, 0.3) is 0 Å². The van der Waals surface area contributed by atoms with Crippen LogP contribution in [0.4, 0.5) is 0 Å². The van der Waals surface area contributed by atoms with E-state index in [1.807, 2.05) is 31.2 Å². The highest BCUT2D eigenvalue weighted by atomic mass is 32.1. The van der Waals surface area contributed by atoms with Crippen molar-refractivity contribution in [3.05, 3.63) is 45.4 Å². The van der Waals surface area contributed by atoms with E-state index < -0.39 is 0 Å². The maximum absolute atomic E-state index is 6.29. The summed E-state index contributed by atoms with van der Waals surface area (Å²) >= 11 is 1.66. The quantitative estimate of drug-likeness (QED) is 0.907. The number of aromatic nitrogens is 1. The van der Waals surface area contributed by atoms with Gasteiger partial charge >= 0.3 is 0 Å². The molecule has 0 aliphatic heterocycles. The standard InChI is InChI=1S/C15H20N2OS/c1-4-8-18-13-7-5-6-12(9-13)14(16)15-17-10(2)11(3)19-15/h5-7,9,14H,4,8,16H2,1-3H3. The van der Waals surface area contributed by atoms with Crippen LogP contribution in [-0.4, -0.2) is 11.6 Å². The van der Waals surface area contributed by atoms with Crippen molar-refractivity contribution in [2.75, 3.05) is 6.61 Å². The second-order valence-electron chi connectivity index (χ2n) is 4.59. The molecule has 0 spiro atoms. The van der Waals surface area contributed by atoms with Gasteiger partial charge in [-0.3, -0.25) is 0 Å². The molecule has 4 heteroatoms. The molecular weight excluding hydrogens is 256 g/mol. The summed E-state index contributed by atoms with van der Waals surface area (Å²) in [4.78, 5) is 5.76.